The molecule has 2 aromatic carbocycles. The van der Waals surface area contributed by atoms with E-state index in [1.165, 1.54) is 5.57 Å². The summed E-state index contributed by atoms with van der Waals surface area (Å²) in [6.45, 7) is 4.49. The Hall–Kier alpha value is -2.59. The van der Waals surface area contributed by atoms with Crippen LogP contribution in [0.3, 0.4) is 0 Å². The van der Waals surface area contributed by atoms with Crippen LogP contribution in [0.15, 0.2) is 66.2 Å². The Morgan fingerprint density at radius 2 is 1.92 bits per heavy atom. The molecule has 0 spiro atoms. The fourth-order valence-electron chi connectivity index (χ4n) is 3.06. The average Bonchev–Trinajstić information content (AvgIpc) is 2.72. The first-order valence-electron chi connectivity index (χ1n) is 9.23. The molecule has 0 aliphatic carbocycles. The predicted octanol–water partition coefficient (Wildman–Crippen LogP) is 3.41. The molecule has 0 aromatic heterocycles. The van der Waals surface area contributed by atoms with Gasteiger partial charge in [0, 0.05) is 18.7 Å². The van der Waals surface area contributed by atoms with Crippen LogP contribution in [-0.2, 0) is 11.2 Å². The molecule has 2 N–H and O–H groups in total. The van der Waals surface area contributed by atoms with Crippen LogP contribution in [0.5, 0.6) is 5.75 Å². The highest BCUT2D eigenvalue weighted by Gasteiger charge is 2.23. The number of benzene rings is 2. The van der Waals surface area contributed by atoms with Gasteiger partial charge in [-0.15, -0.1) is 0 Å². The fraction of sp³-hybridized carbons (Fsp3) is 0.318. The zero-order chi connectivity index (χ0) is 18.2. The highest BCUT2D eigenvalue weighted by Crippen LogP contribution is 2.26. The van der Waals surface area contributed by atoms with Crippen LogP contribution in [0.2, 0.25) is 0 Å². The molecule has 0 bridgehead atoms. The van der Waals surface area contributed by atoms with Crippen molar-refractivity contribution in [2.75, 3.05) is 19.6 Å². The summed E-state index contributed by atoms with van der Waals surface area (Å²) in [5.41, 5.74) is 3.22. The van der Waals surface area contributed by atoms with Crippen molar-refractivity contribution in [3.8, 4) is 5.75 Å². The van der Waals surface area contributed by atoms with Gasteiger partial charge in [0.1, 0.15) is 5.75 Å². The molecule has 1 aliphatic heterocycles. The summed E-state index contributed by atoms with van der Waals surface area (Å²) in [6.07, 6.45) is 3.31. The lowest BCUT2D eigenvalue weighted by atomic mass is 10.1. The summed E-state index contributed by atoms with van der Waals surface area (Å²) >= 11 is 0. The number of carbonyl (C=O) groups excluding carboxylic acids is 1. The molecular formula is C22H26N2O2. The van der Waals surface area contributed by atoms with Crippen molar-refractivity contribution in [1.29, 1.82) is 0 Å². The zero-order valence-corrected chi connectivity index (χ0v) is 15.2. The molecule has 0 radical (unpaired) electrons. The first-order chi connectivity index (χ1) is 12.8. The van der Waals surface area contributed by atoms with Gasteiger partial charge in [0.15, 0.2) is 0 Å². The lowest BCUT2D eigenvalue weighted by Crippen LogP contribution is -2.35. The largest absolute Gasteiger partial charge is 0.476 e. The molecule has 0 saturated heterocycles. The van der Waals surface area contributed by atoms with Crippen LogP contribution >= 0.6 is 0 Å². The molecule has 1 amide bonds. The van der Waals surface area contributed by atoms with Crippen molar-refractivity contribution < 1.29 is 9.53 Å². The van der Waals surface area contributed by atoms with E-state index in [1.54, 1.807) is 0 Å². The zero-order valence-electron chi connectivity index (χ0n) is 15.2. The van der Waals surface area contributed by atoms with Crippen LogP contribution < -0.4 is 15.4 Å². The summed E-state index contributed by atoms with van der Waals surface area (Å²) < 4.78 is 6.18. The van der Waals surface area contributed by atoms with Crippen molar-refractivity contribution in [2.45, 2.75) is 25.9 Å². The molecule has 4 nitrogen and oxygen atoms in total. The smallest absolute Gasteiger partial charge is 0.266 e. The van der Waals surface area contributed by atoms with E-state index in [0.29, 0.717) is 6.54 Å². The summed E-state index contributed by atoms with van der Waals surface area (Å²) in [5, 5.41) is 6.33. The second-order valence-electron chi connectivity index (χ2n) is 6.40. The molecule has 0 fully saturated rings. The highest BCUT2D eigenvalue weighted by molar-refractivity contribution is 5.82. The number of para-hydroxylation sites is 1. The van der Waals surface area contributed by atoms with E-state index in [4.69, 9.17) is 4.74 Å². The van der Waals surface area contributed by atoms with Gasteiger partial charge in [-0.1, -0.05) is 67.1 Å². The number of hydrogen-bond donors (Lipinski definition) is 2. The van der Waals surface area contributed by atoms with E-state index in [-0.39, 0.29) is 5.91 Å². The Kier molecular flexibility index (Phi) is 6.45. The Morgan fingerprint density at radius 1 is 1.15 bits per heavy atom. The first-order valence-corrected chi connectivity index (χ1v) is 9.23. The first kappa shape index (κ1) is 18.2. The standard InChI is InChI=1S/C22H26N2O2/c1-2-18-8-6-7-11-20(18)26-21(19-9-4-3-5-10-19)22(25)24-16-17-12-14-23-15-13-17/h3-12,21,23H,2,13-16H2,1H3,(H,24,25). The van der Waals surface area contributed by atoms with E-state index in [1.807, 2.05) is 54.6 Å². The highest BCUT2D eigenvalue weighted by atomic mass is 16.5. The van der Waals surface area contributed by atoms with E-state index in [2.05, 4.69) is 23.6 Å². The summed E-state index contributed by atoms with van der Waals surface area (Å²) in [6, 6.07) is 17.6. The Labute approximate surface area is 155 Å². The van der Waals surface area contributed by atoms with E-state index < -0.39 is 6.10 Å². The predicted molar refractivity (Wildman–Crippen MR) is 104 cm³/mol. The van der Waals surface area contributed by atoms with Gasteiger partial charge < -0.3 is 15.4 Å². The third-order valence-electron chi connectivity index (χ3n) is 4.59. The maximum absolute atomic E-state index is 12.9. The van der Waals surface area contributed by atoms with Crippen molar-refractivity contribution in [1.82, 2.24) is 10.6 Å². The van der Waals surface area contributed by atoms with Gasteiger partial charge in [-0.3, -0.25) is 4.79 Å². The fourth-order valence-corrected chi connectivity index (χ4v) is 3.06. The monoisotopic (exact) mass is 350 g/mol. The Morgan fingerprint density at radius 3 is 2.65 bits per heavy atom. The summed E-state index contributed by atoms with van der Waals surface area (Å²) in [5.74, 6) is 0.654. The molecule has 26 heavy (non-hydrogen) atoms. The van der Waals surface area contributed by atoms with Crippen molar-refractivity contribution in [3.63, 3.8) is 0 Å². The number of rotatable bonds is 7. The summed E-state index contributed by atoms with van der Waals surface area (Å²) in [4.78, 5) is 12.9. The number of aryl methyl sites for hydroxylation is 1. The van der Waals surface area contributed by atoms with Gasteiger partial charge in [0.25, 0.3) is 5.91 Å². The van der Waals surface area contributed by atoms with Crippen molar-refractivity contribution >= 4 is 5.91 Å². The van der Waals surface area contributed by atoms with Gasteiger partial charge in [-0.05, 0) is 31.0 Å². The molecule has 136 valence electrons. The van der Waals surface area contributed by atoms with Crippen LogP contribution in [0.4, 0.5) is 0 Å². The number of ether oxygens (including phenoxy) is 1. The Balaban J connectivity index is 1.77. The molecule has 1 heterocycles. The van der Waals surface area contributed by atoms with Gasteiger partial charge in [-0.25, -0.2) is 0 Å². The normalized spacial score (nSPS) is 15.0. The summed E-state index contributed by atoms with van der Waals surface area (Å²) in [7, 11) is 0. The third kappa shape index (κ3) is 4.73. The molecule has 3 rings (SSSR count). The molecule has 1 aliphatic rings. The van der Waals surface area contributed by atoms with Gasteiger partial charge >= 0.3 is 0 Å². The van der Waals surface area contributed by atoms with Crippen LogP contribution in [-0.4, -0.2) is 25.5 Å². The minimum Gasteiger partial charge on any atom is -0.476 e. The van der Waals surface area contributed by atoms with E-state index in [0.717, 1.165) is 42.8 Å². The van der Waals surface area contributed by atoms with Crippen LogP contribution in [0, 0.1) is 0 Å². The minimum absolute atomic E-state index is 0.110. The van der Waals surface area contributed by atoms with Gasteiger partial charge in [0.05, 0.1) is 0 Å². The molecule has 2 aromatic rings. The van der Waals surface area contributed by atoms with E-state index in [9.17, 15) is 4.79 Å². The molecule has 1 unspecified atom stereocenters. The van der Waals surface area contributed by atoms with Crippen molar-refractivity contribution in [3.05, 3.63) is 77.4 Å². The van der Waals surface area contributed by atoms with Crippen LogP contribution in [0.25, 0.3) is 0 Å². The molecule has 4 heteroatoms. The average molecular weight is 350 g/mol. The van der Waals surface area contributed by atoms with E-state index >= 15 is 0 Å². The van der Waals surface area contributed by atoms with Crippen molar-refractivity contribution in [2.24, 2.45) is 0 Å². The molecular weight excluding hydrogens is 324 g/mol. The maximum atomic E-state index is 12.9. The number of hydrogen-bond acceptors (Lipinski definition) is 3. The lowest BCUT2D eigenvalue weighted by Gasteiger charge is -2.22. The second-order valence-corrected chi connectivity index (χ2v) is 6.40. The number of carbonyl (C=O) groups is 1. The topological polar surface area (TPSA) is 50.4 Å². The minimum atomic E-state index is -0.661. The third-order valence-corrected chi connectivity index (χ3v) is 4.59. The lowest BCUT2D eigenvalue weighted by molar-refractivity contribution is -0.128. The maximum Gasteiger partial charge on any atom is 0.266 e. The molecule has 0 saturated carbocycles. The van der Waals surface area contributed by atoms with Gasteiger partial charge in [-0.2, -0.15) is 0 Å². The second kappa shape index (κ2) is 9.20. The number of nitrogens with one attached hydrogen (secondary N) is 2. The van der Waals surface area contributed by atoms with Gasteiger partial charge in [0.2, 0.25) is 6.10 Å². The quantitative estimate of drug-likeness (QED) is 0.753. The Bertz CT molecular complexity index is 756. The number of amides is 1. The SMILES string of the molecule is CCc1ccccc1OC(C(=O)NCC1=CCNCC1)c1ccccc1. The molecule has 1 atom stereocenters. The van der Waals surface area contributed by atoms with Crippen LogP contribution in [0.1, 0.15) is 30.6 Å².